The van der Waals surface area contributed by atoms with Crippen molar-refractivity contribution in [1.82, 2.24) is 20.1 Å². The number of rotatable bonds is 10. The summed E-state index contributed by atoms with van der Waals surface area (Å²) in [7, 11) is 0. The molecule has 0 aliphatic heterocycles. The van der Waals surface area contributed by atoms with Crippen molar-refractivity contribution in [3.05, 3.63) is 74.0 Å². The highest BCUT2D eigenvalue weighted by Crippen LogP contribution is 2.38. The Morgan fingerprint density at radius 1 is 1.12 bits per heavy atom. The lowest BCUT2D eigenvalue weighted by Gasteiger charge is -2.15. The smallest absolute Gasteiger partial charge is 0.341 e. The Kier molecular flexibility index (Phi) is 9.76. The van der Waals surface area contributed by atoms with Gasteiger partial charge in [-0.3, -0.25) is 14.2 Å². The minimum Gasteiger partial charge on any atom is -0.462 e. The van der Waals surface area contributed by atoms with Gasteiger partial charge in [0.05, 0.1) is 28.8 Å². The van der Waals surface area contributed by atoms with Gasteiger partial charge >= 0.3 is 5.97 Å². The highest BCUT2D eigenvalue weighted by atomic mass is 32.2. The largest absolute Gasteiger partial charge is 0.462 e. The number of benzene rings is 1. The van der Waals surface area contributed by atoms with Crippen LogP contribution in [0.15, 0.2) is 46.9 Å². The molecule has 5 rings (SSSR count). The van der Waals surface area contributed by atoms with Crippen molar-refractivity contribution in [2.45, 2.75) is 69.8 Å². The van der Waals surface area contributed by atoms with Gasteiger partial charge in [-0.05, 0) is 81.2 Å². The summed E-state index contributed by atoms with van der Waals surface area (Å²) >= 11 is 4.12. The predicted molar refractivity (Wildman–Crippen MR) is 167 cm³/mol. The average molecular weight is 624 g/mol. The minimum atomic E-state index is -0.553. The van der Waals surface area contributed by atoms with Crippen LogP contribution < -0.4 is 10.6 Å². The summed E-state index contributed by atoms with van der Waals surface area (Å²) in [6.07, 6.45) is 4.92. The van der Waals surface area contributed by atoms with Crippen molar-refractivity contribution in [2.24, 2.45) is 0 Å². The number of anilines is 1. The molecule has 0 saturated carbocycles. The molecule has 1 aliphatic rings. The van der Waals surface area contributed by atoms with E-state index in [9.17, 15) is 14.4 Å². The topological polar surface area (TPSA) is 115 Å². The van der Waals surface area contributed by atoms with Crippen molar-refractivity contribution in [3.8, 4) is 5.69 Å². The minimum absolute atomic E-state index is 0.169. The van der Waals surface area contributed by atoms with Crippen molar-refractivity contribution in [2.75, 3.05) is 11.9 Å². The highest BCUT2D eigenvalue weighted by molar-refractivity contribution is 8.00. The number of fused-ring (bicyclic) bond motifs is 1. The molecule has 9 nitrogen and oxygen atoms in total. The zero-order chi connectivity index (χ0) is 29.6. The maximum absolute atomic E-state index is 13.5. The molecule has 1 atom stereocenters. The number of carbonyl (C=O) groups excluding carboxylic acids is 3. The van der Waals surface area contributed by atoms with Crippen LogP contribution in [-0.4, -0.2) is 44.4 Å². The van der Waals surface area contributed by atoms with Gasteiger partial charge in [-0.15, -0.1) is 32.9 Å². The molecule has 4 aromatic rings. The number of carbonyl (C=O) groups is 3. The van der Waals surface area contributed by atoms with E-state index in [1.54, 1.807) is 19.9 Å². The SMILES string of the molecule is CCOC(=O)c1c(NC(=O)C(C)Sc2nnc(CNC(=O)c3cccs3)n2-c2cccc(C)c2)sc2c1CCCCC2. The van der Waals surface area contributed by atoms with Crippen LogP contribution in [0.1, 0.15) is 75.0 Å². The number of ether oxygens (including phenoxy) is 1. The van der Waals surface area contributed by atoms with E-state index in [0.717, 1.165) is 53.8 Å². The first-order chi connectivity index (χ1) is 20.4. The maximum atomic E-state index is 13.5. The van der Waals surface area contributed by atoms with Gasteiger partial charge in [0.2, 0.25) is 5.91 Å². The molecule has 2 amide bonds. The standard InChI is InChI=1S/C30H33N5O4S3/c1-4-39-29(38)25-21-12-6-5-7-13-22(21)42-28(25)32-26(36)19(3)41-30-34-33-24(17-31-27(37)23-14-9-15-40-23)35(30)20-11-8-10-18(2)16-20/h8-11,14-16,19H,4-7,12-13,17H2,1-3H3,(H,31,37)(H,32,36). The molecule has 0 radical (unpaired) electrons. The lowest BCUT2D eigenvalue weighted by atomic mass is 10.1. The molecular weight excluding hydrogens is 591 g/mol. The summed E-state index contributed by atoms with van der Waals surface area (Å²) in [5.41, 5.74) is 3.40. The molecule has 1 aromatic carbocycles. The number of esters is 1. The first-order valence-electron chi connectivity index (χ1n) is 14.0. The number of nitrogens with zero attached hydrogens (tertiary/aromatic N) is 3. The summed E-state index contributed by atoms with van der Waals surface area (Å²) < 4.78 is 7.24. The number of thiophene rings is 2. The lowest BCUT2D eigenvalue weighted by Crippen LogP contribution is -2.25. The summed E-state index contributed by atoms with van der Waals surface area (Å²) in [5, 5.41) is 17.1. The van der Waals surface area contributed by atoms with E-state index in [1.165, 1.54) is 34.4 Å². The van der Waals surface area contributed by atoms with Crippen LogP contribution in [0.2, 0.25) is 0 Å². The van der Waals surface area contributed by atoms with Gasteiger partial charge in [0, 0.05) is 10.6 Å². The molecule has 2 N–H and O–H groups in total. The molecule has 1 unspecified atom stereocenters. The van der Waals surface area contributed by atoms with Crippen LogP contribution in [0, 0.1) is 6.92 Å². The molecule has 1 aliphatic carbocycles. The maximum Gasteiger partial charge on any atom is 0.341 e. The number of hydrogen-bond acceptors (Lipinski definition) is 9. The highest BCUT2D eigenvalue weighted by Gasteiger charge is 2.29. The Labute approximate surface area is 257 Å². The average Bonchev–Trinajstić information content (AvgIpc) is 3.68. The summed E-state index contributed by atoms with van der Waals surface area (Å²) in [6.45, 7) is 6.03. The van der Waals surface area contributed by atoms with Gasteiger partial charge in [0.1, 0.15) is 5.00 Å². The Balaban J connectivity index is 1.37. The fraction of sp³-hybridized carbons (Fsp3) is 0.367. The number of amides is 2. The second-order valence-corrected chi connectivity index (χ2v) is 13.3. The third-order valence-electron chi connectivity index (χ3n) is 6.90. The molecule has 0 spiro atoms. The molecule has 12 heteroatoms. The molecule has 3 heterocycles. The van der Waals surface area contributed by atoms with E-state index in [1.807, 2.05) is 47.2 Å². The lowest BCUT2D eigenvalue weighted by molar-refractivity contribution is -0.115. The number of thioether (sulfide) groups is 1. The molecule has 220 valence electrons. The zero-order valence-electron chi connectivity index (χ0n) is 23.8. The Bertz CT molecular complexity index is 1580. The molecular formula is C30H33N5O4S3. The molecule has 0 bridgehead atoms. The van der Waals surface area contributed by atoms with Crippen molar-refractivity contribution < 1.29 is 19.1 Å². The fourth-order valence-electron chi connectivity index (χ4n) is 4.85. The van der Waals surface area contributed by atoms with Gasteiger partial charge in [-0.1, -0.05) is 36.4 Å². The van der Waals surface area contributed by atoms with E-state index in [2.05, 4.69) is 20.8 Å². The monoisotopic (exact) mass is 623 g/mol. The first kappa shape index (κ1) is 30.0. The van der Waals surface area contributed by atoms with E-state index in [4.69, 9.17) is 4.74 Å². The van der Waals surface area contributed by atoms with Crippen LogP contribution in [0.4, 0.5) is 5.00 Å². The number of aromatic nitrogens is 3. The van der Waals surface area contributed by atoms with Gasteiger partial charge in [0.15, 0.2) is 11.0 Å². The van der Waals surface area contributed by atoms with Crippen LogP contribution in [-0.2, 0) is 28.9 Å². The first-order valence-corrected chi connectivity index (χ1v) is 16.6. The van der Waals surface area contributed by atoms with Crippen LogP contribution in [0.3, 0.4) is 0 Å². The quantitative estimate of drug-likeness (QED) is 0.123. The number of hydrogen-bond donors (Lipinski definition) is 2. The van der Waals surface area contributed by atoms with Gasteiger partial charge in [-0.25, -0.2) is 4.79 Å². The molecule has 3 aromatic heterocycles. The van der Waals surface area contributed by atoms with Crippen LogP contribution >= 0.6 is 34.4 Å². The predicted octanol–water partition coefficient (Wildman–Crippen LogP) is 6.19. The third-order valence-corrected chi connectivity index (χ3v) is 10.0. The number of nitrogens with one attached hydrogen (secondary N) is 2. The van der Waals surface area contributed by atoms with Gasteiger partial charge < -0.3 is 15.4 Å². The van der Waals surface area contributed by atoms with Gasteiger partial charge in [0.25, 0.3) is 5.91 Å². The van der Waals surface area contributed by atoms with E-state index < -0.39 is 5.25 Å². The van der Waals surface area contributed by atoms with Crippen molar-refractivity contribution >= 4 is 57.2 Å². The molecule has 42 heavy (non-hydrogen) atoms. The normalized spacial score (nSPS) is 13.6. The van der Waals surface area contributed by atoms with Crippen molar-refractivity contribution in [1.29, 1.82) is 0 Å². The van der Waals surface area contributed by atoms with Gasteiger partial charge in [-0.2, -0.15) is 0 Å². The zero-order valence-corrected chi connectivity index (χ0v) is 26.2. The fourth-order valence-corrected chi connectivity index (χ4v) is 7.65. The van der Waals surface area contributed by atoms with Crippen LogP contribution in [0.25, 0.3) is 5.69 Å². The van der Waals surface area contributed by atoms with E-state index >= 15 is 0 Å². The second kappa shape index (κ2) is 13.7. The van der Waals surface area contributed by atoms with E-state index in [-0.39, 0.29) is 30.9 Å². The summed E-state index contributed by atoms with van der Waals surface area (Å²) in [4.78, 5) is 40.8. The Morgan fingerprint density at radius 2 is 1.95 bits per heavy atom. The molecule has 0 saturated heterocycles. The Hall–Kier alpha value is -3.48. The summed E-state index contributed by atoms with van der Waals surface area (Å²) in [6, 6.07) is 11.5. The third kappa shape index (κ3) is 6.77. The van der Waals surface area contributed by atoms with Crippen LogP contribution in [0.5, 0.6) is 0 Å². The van der Waals surface area contributed by atoms with E-state index in [0.29, 0.717) is 26.4 Å². The summed E-state index contributed by atoms with van der Waals surface area (Å²) in [5.74, 6) is -0.265. The number of aryl methyl sites for hydroxylation is 2. The molecule has 0 fully saturated rings. The Morgan fingerprint density at radius 3 is 2.71 bits per heavy atom. The second-order valence-electron chi connectivity index (χ2n) is 9.97. The van der Waals surface area contributed by atoms with Crippen molar-refractivity contribution in [3.63, 3.8) is 0 Å².